The summed E-state index contributed by atoms with van der Waals surface area (Å²) in [5.74, 6) is 1.19. The van der Waals surface area contributed by atoms with Gasteiger partial charge in [0.15, 0.2) is 17.3 Å². The monoisotopic (exact) mass is 396 g/mol. The molecule has 29 heavy (non-hydrogen) atoms. The molecule has 0 bridgehead atoms. The highest BCUT2D eigenvalue weighted by molar-refractivity contribution is 5.94. The molecule has 1 aromatic carbocycles. The summed E-state index contributed by atoms with van der Waals surface area (Å²) < 4.78 is 16.3. The average molecular weight is 396 g/mol. The predicted molar refractivity (Wildman–Crippen MR) is 110 cm³/mol. The number of halogens is 1. The Morgan fingerprint density at radius 3 is 2.31 bits per heavy atom. The summed E-state index contributed by atoms with van der Waals surface area (Å²) >= 11 is 0. The van der Waals surface area contributed by atoms with Crippen LogP contribution in [0.25, 0.3) is 5.65 Å². The number of carbonyl (C=O) groups is 1. The van der Waals surface area contributed by atoms with Crippen molar-refractivity contribution in [1.82, 2.24) is 19.8 Å². The van der Waals surface area contributed by atoms with Crippen molar-refractivity contribution in [2.24, 2.45) is 0 Å². The molecule has 0 N–H and O–H groups in total. The number of hydrogen-bond acceptors (Lipinski definition) is 6. The van der Waals surface area contributed by atoms with E-state index in [1.54, 1.807) is 12.1 Å². The van der Waals surface area contributed by atoms with Crippen LogP contribution in [0.3, 0.4) is 0 Å². The Balaban J connectivity index is 1.52. The molecule has 1 aliphatic heterocycles. The predicted octanol–water partition coefficient (Wildman–Crippen LogP) is 3.09. The molecule has 7 nitrogen and oxygen atoms in total. The van der Waals surface area contributed by atoms with Crippen molar-refractivity contribution >= 4 is 22.9 Å². The summed E-state index contributed by atoms with van der Waals surface area (Å²) in [4.78, 5) is 15.6. The molecule has 0 atom stereocenters. The van der Waals surface area contributed by atoms with Crippen LogP contribution in [0.5, 0.6) is 0 Å². The largest absolute Gasteiger partial charge is 0.366 e. The van der Waals surface area contributed by atoms with Gasteiger partial charge in [0.25, 0.3) is 0 Å². The smallest absolute Gasteiger partial charge is 0.178 e. The van der Waals surface area contributed by atoms with Gasteiger partial charge in [-0.15, -0.1) is 15.3 Å². The Morgan fingerprint density at radius 2 is 1.69 bits per heavy atom. The normalized spacial score (nSPS) is 15.2. The molecule has 152 valence electrons. The molecule has 1 aliphatic rings. The second-order valence-electron chi connectivity index (χ2n) is 8.43. The summed E-state index contributed by atoms with van der Waals surface area (Å²) in [5, 5.41) is 13.3. The van der Waals surface area contributed by atoms with E-state index >= 15 is 0 Å². The molecule has 8 heteroatoms. The Kier molecular flexibility index (Phi) is 4.72. The number of nitrogens with zero attached hydrogens (tertiary/aromatic N) is 6. The third-order valence-electron chi connectivity index (χ3n) is 5.22. The van der Waals surface area contributed by atoms with Crippen LogP contribution in [-0.2, 0) is 5.41 Å². The van der Waals surface area contributed by atoms with Gasteiger partial charge in [-0.2, -0.15) is 4.52 Å². The van der Waals surface area contributed by atoms with Gasteiger partial charge in [-0.05, 0) is 37.3 Å². The molecular formula is C21H25FN6O. The number of ketones is 1. The van der Waals surface area contributed by atoms with E-state index in [2.05, 4.69) is 35.9 Å². The van der Waals surface area contributed by atoms with Crippen molar-refractivity contribution in [2.45, 2.75) is 33.1 Å². The summed E-state index contributed by atoms with van der Waals surface area (Å²) in [6.45, 7) is 10.5. The minimum absolute atomic E-state index is 0.134. The standard InChI is InChI=1S/C21H25FN6O/c1-14(29)15-5-6-17(16(22)13-15)26-9-11-27(12-10-26)19-8-7-18-23-24-20(21(2,3)4)28(18)25-19/h5-8,13H,9-12H2,1-4H3. The molecule has 1 saturated heterocycles. The first-order valence-corrected chi connectivity index (χ1v) is 9.77. The van der Waals surface area contributed by atoms with Gasteiger partial charge in [0.1, 0.15) is 11.6 Å². The number of carbonyl (C=O) groups excluding carboxylic acids is 1. The second kappa shape index (κ2) is 7.09. The van der Waals surface area contributed by atoms with Crippen LogP contribution in [0.2, 0.25) is 0 Å². The van der Waals surface area contributed by atoms with Crippen LogP contribution < -0.4 is 9.80 Å². The highest BCUT2D eigenvalue weighted by atomic mass is 19.1. The molecule has 0 unspecified atom stereocenters. The topological polar surface area (TPSA) is 66.6 Å². The lowest BCUT2D eigenvalue weighted by Crippen LogP contribution is -2.47. The van der Waals surface area contributed by atoms with Crippen molar-refractivity contribution in [3.8, 4) is 0 Å². The van der Waals surface area contributed by atoms with E-state index in [1.807, 2.05) is 21.5 Å². The van der Waals surface area contributed by atoms with Gasteiger partial charge in [0, 0.05) is 37.2 Å². The first-order chi connectivity index (χ1) is 13.7. The van der Waals surface area contributed by atoms with Gasteiger partial charge in [-0.1, -0.05) is 20.8 Å². The van der Waals surface area contributed by atoms with Crippen LogP contribution in [0.1, 0.15) is 43.9 Å². The number of rotatable bonds is 3. The van der Waals surface area contributed by atoms with Gasteiger partial charge in [0.2, 0.25) is 0 Å². The highest BCUT2D eigenvalue weighted by Gasteiger charge is 2.24. The number of hydrogen-bond donors (Lipinski definition) is 0. The lowest BCUT2D eigenvalue weighted by atomic mass is 9.96. The maximum Gasteiger partial charge on any atom is 0.178 e. The van der Waals surface area contributed by atoms with E-state index < -0.39 is 0 Å². The summed E-state index contributed by atoms with van der Waals surface area (Å²) in [5.41, 5.74) is 1.50. The van der Waals surface area contributed by atoms with Gasteiger partial charge in [0.05, 0.1) is 5.69 Å². The quantitative estimate of drug-likeness (QED) is 0.634. The van der Waals surface area contributed by atoms with E-state index in [0.29, 0.717) is 24.3 Å². The lowest BCUT2D eigenvalue weighted by molar-refractivity contribution is 0.101. The van der Waals surface area contributed by atoms with E-state index in [0.717, 1.165) is 30.4 Å². The maximum atomic E-state index is 14.5. The van der Waals surface area contributed by atoms with Gasteiger partial charge >= 0.3 is 0 Å². The van der Waals surface area contributed by atoms with Crippen LogP contribution in [-0.4, -0.2) is 51.8 Å². The van der Waals surface area contributed by atoms with Crippen LogP contribution >= 0.6 is 0 Å². The van der Waals surface area contributed by atoms with Gasteiger partial charge in [-0.25, -0.2) is 4.39 Å². The van der Waals surface area contributed by atoms with Gasteiger partial charge in [-0.3, -0.25) is 4.79 Å². The number of piperazine rings is 1. The van der Waals surface area contributed by atoms with Crippen molar-refractivity contribution in [3.05, 3.63) is 47.5 Å². The Labute approximate surface area is 169 Å². The number of Topliss-reactive ketones (excluding diaryl/α,β-unsaturated/α-hetero) is 1. The summed E-state index contributed by atoms with van der Waals surface area (Å²) in [7, 11) is 0. The molecule has 4 rings (SSSR count). The molecule has 0 radical (unpaired) electrons. The number of benzene rings is 1. The number of fused-ring (bicyclic) bond motifs is 1. The fourth-order valence-corrected chi connectivity index (χ4v) is 3.57. The van der Waals surface area contributed by atoms with Crippen LogP contribution in [0.4, 0.5) is 15.9 Å². The lowest BCUT2D eigenvalue weighted by Gasteiger charge is -2.36. The van der Waals surface area contributed by atoms with Crippen LogP contribution in [0, 0.1) is 5.82 Å². The molecule has 3 heterocycles. The molecule has 0 saturated carbocycles. The van der Waals surface area contributed by atoms with E-state index in [4.69, 9.17) is 5.10 Å². The van der Waals surface area contributed by atoms with Crippen molar-refractivity contribution in [3.63, 3.8) is 0 Å². The zero-order valence-electron chi connectivity index (χ0n) is 17.2. The fraction of sp³-hybridized carbons (Fsp3) is 0.429. The van der Waals surface area contributed by atoms with E-state index in [9.17, 15) is 9.18 Å². The summed E-state index contributed by atoms with van der Waals surface area (Å²) in [6, 6.07) is 8.58. The fourth-order valence-electron chi connectivity index (χ4n) is 3.57. The molecule has 0 aliphatic carbocycles. The van der Waals surface area contributed by atoms with Crippen molar-refractivity contribution in [2.75, 3.05) is 36.0 Å². The van der Waals surface area contributed by atoms with Crippen molar-refractivity contribution < 1.29 is 9.18 Å². The molecule has 3 aromatic rings. The number of aromatic nitrogens is 4. The summed E-state index contributed by atoms with van der Waals surface area (Å²) in [6.07, 6.45) is 0. The first-order valence-electron chi connectivity index (χ1n) is 9.77. The maximum absolute atomic E-state index is 14.5. The minimum atomic E-state index is -0.356. The van der Waals surface area contributed by atoms with Crippen molar-refractivity contribution in [1.29, 1.82) is 0 Å². The van der Waals surface area contributed by atoms with E-state index in [-0.39, 0.29) is 17.0 Å². The Hall–Kier alpha value is -3.03. The zero-order valence-corrected chi connectivity index (χ0v) is 17.2. The van der Waals surface area contributed by atoms with Crippen LogP contribution in [0.15, 0.2) is 30.3 Å². The third-order valence-corrected chi connectivity index (χ3v) is 5.22. The third kappa shape index (κ3) is 3.66. The molecular weight excluding hydrogens is 371 g/mol. The molecule has 1 fully saturated rings. The minimum Gasteiger partial charge on any atom is -0.366 e. The molecule has 2 aromatic heterocycles. The van der Waals surface area contributed by atoms with E-state index in [1.165, 1.54) is 13.0 Å². The second-order valence-corrected chi connectivity index (χ2v) is 8.43. The Bertz CT molecular complexity index is 1060. The average Bonchev–Trinajstić information content (AvgIpc) is 3.11. The highest BCUT2D eigenvalue weighted by Crippen LogP contribution is 2.25. The molecule has 0 amide bonds. The molecule has 0 spiro atoms. The Morgan fingerprint density at radius 1 is 1.00 bits per heavy atom. The van der Waals surface area contributed by atoms with Gasteiger partial charge < -0.3 is 9.80 Å². The zero-order chi connectivity index (χ0) is 20.8. The number of anilines is 2. The first kappa shape index (κ1) is 19.3. The SMILES string of the molecule is CC(=O)c1ccc(N2CCN(c3ccc4nnc(C(C)(C)C)n4n3)CC2)c(F)c1.